The van der Waals surface area contributed by atoms with Gasteiger partial charge in [0.1, 0.15) is 12.2 Å². The third-order valence-electron chi connectivity index (χ3n) is 9.18. The second-order valence-electron chi connectivity index (χ2n) is 11.5. The average molecular weight is 491 g/mol. The van der Waals surface area contributed by atoms with E-state index in [4.69, 9.17) is 14.2 Å². The molecule has 9 heteroatoms. The van der Waals surface area contributed by atoms with E-state index < -0.39 is 76.2 Å². The van der Waals surface area contributed by atoms with Crippen molar-refractivity contribution in [3.05, 3.63) is 12.2 Å². The van der Waals surface area contributed by atoms with Crippen LogP contribution < -0.4 is 0 Å². The molecule has 4 fully saturated rings. The number of allylic oxidation sites excluding steroid dienone is 1. The highest BCUT2D eigenvalue weighted by atomic mass is 16.6. The summed E-state index contributed by atoms with van der Waals surface area (Å²) in [6.07, 6.45) is -3.62. The molecule has 4 aliphatic rings. The highest BCUT2D eigenvalue weighted by Crippen LogP contribution is 2.71. The normalized spacial score (nSPS) is 43.6. The molecule has 35 heavy (non-hydrogen) atoms. The van der Waals surface area contributed by atoms with Crippen LogP contribution in [0.15, 0.2) is 12.2 Å². The largest absolute Gasteiger partial charge is 0.462 e. The third kappa shape index (κ3) is 3.33. The van der Waals surface area contributed by atoms with Crippen molar-refractivity contribution in [3.63, 3.8) is 0 Å². The number of carbonyl (C=O) groups excluding carboxylic acids is 5. The fraction of sp³-hybridized carbons (Fsp3) is 0.731. The van der Waals surface area contributed by atoms with Crippen molar-refractivity contribution in [1.29, 1.82) is 0 Å². The third-order valence-corrected chi connectivity index (χ3v) is 9.18. The van der Waals surface area contributed by atoms with E-state index in [1.54, 1.807) is 20.8 Å². The van der Waals surface area contributed by atoms with Gasteiger partial charge in [-0.15, -0.1) is 0 Å². The van der Waals surface area contributed by atoms with Crippen LogP contribution in [0.25, 0.3) is 0 Å². The zero-order chi connectivity index (χ0) is 26.2. The Balaban J connectivity index is 2.04. The van der Waals surface area contributed by atoms with E-state index in [0.29, 0.717) is 12.0 Å². The summed E-state index contributed by atoms with van der Waals surface area (Å²) in [5.41, 5.74) is -3.41. The molecule has 0 heterocycles. The molecule has 0 radical (unpaired) electrons. The van der Waals surface area contributed by atoms with Gasteiger partial charge >= 0.3 is 17.9 Å². The molecular formula is C26H34O9. The summed E-state index contributed by atoms with van der Waals surface area (Å²) < 4.78 is 17.1. The van der Waals surface area contributed by atoms with E-state index in [9.17, 15) is 29.1 Å². The first-order chi connectivity index (χ1) is 16.1. The molecule has 7 unspecified atom stereocenters. The van der Waals surface area contributed by atoms with Gasteiger partial charge in [0.25, 0.3) is 0 Å². The highest BCUT2D eigenvalue weighted by molar-refractivity contribution is 6.08. The minimum Gasteiger partial charge on any atom is -0.462 e. The van der Waals surface area contributed by atoms with Crippen LogP contribution in [0.4, 0.5) is 0 Å². The molecule has 0 aromatic carbocycles. The van der Waals surface area contributed by atoms with Crippen LogP contribution in [0.5, 0.6) is 0 Å². The number of ether oxygens (including phenoxy) is 3. The number of ketones is 2. The Morgan fingerprint density at radius 2 is 1.51 bits per heavy atom. The van der Waals surface area contributed by atoms with Gasteiger partial charge in [0.15, 0.2) is 17.7 Å². The van der Waals surface area contributed by atoms with Crippen LogP contribution in [0.1, 0.15) is 60.8 Å². The fourth-order valence-electron chi connectivity index (χ4n) is 8.13. The van der Waals surface area contributed by atoms with E-state index in [0.717, 1.165) is 0 Å². The Morgan fingerprint density at radius 3 is 2.06 bits per heavy atom. The first kappa shape index (κ1) is 25.5. The lowest BCUT2D eigenvalue weighted by molar-refractivity contribution is -0.263. The van der Waals surface area contributed by atoms with Gasteiger partial charge in [-0.1, -0.05) is 27.4 Å². The SMILES string of the molecule is C=C1C(=O)[C@]23CC1CC(OC(C)=O)C2[C@]1(C)C(OC(C)=O)CC(O)C(C)(C)C1C(=O)C3OC(C)=O. The molecule has 0 amide bonds. The van der Waals surface area contributed by atoms with Crippen LogP contribution in [-0.2, 0) is 38.2 Å². The summed E-state index contributed by atoms with van der Waals surface area (Å²) in [7, 11) is 0. The van der Waals surface area contributed by atoms with E-state index >= 15 is 0 Å². The molecule has 4 rings (SSSR count). The van der Waals surface area contributed by atoms with E-state index in [1.165, 1.54) is 20.8 Å². The van der Waals surface area contributed by atoms with Crippen LogP contribution in [-0.4, -0.2) is 59.0 Å². The van der Waals surface area contributed by atoms with Gasteiger partial charge in [-0.25, -0.2) is 0 Å². The standard InChI is InChI=1S/C26H34O9/c1-11-15-8-16(33-12(2)27)20-25(7)18(34-13(3)28)9-17(30)24(5,6)21(25)19(31)23(35-14(4)29)26(20,10-15)22(11)32/h15-18,20-21,23,30H,1,8-10H2,2-7H3/t15?,16?,17?,18?,20?,21?,23?,25-,26-/m0/s1. The lowest BCUT2D eigenvalue weighted by Crippen LogP contribution is -2.75. The topological polar surface area (TPSA) is 133 Å². The Labute approximate surface area is 204 Å². The van der Waals surface area contributed by atoms with Gasteiger partial charge in [-0.3, -0.25) is 24.0 Å². The highest BCUT2D eigenvalue weighted by Gasteiger charge is 2.79. The van der Waals surface area contributed by atoms with Gasteiger partial charge in [-0.05, 0) is 24.3 Å². The maximum absolute atomic E-state index is 14.3. The van der Waals surface area contributed by atoms with Crippen molar-refractivity contribution in [2.45, 2.75) is 85.2 Å². The second kappa shape index (κ2) is 7.98. The molecule has 1 N–H and O–H groups in total. The van der Waals surface area contributed by atoms with Crippen molar-refractivity contribution in [1.82, 2.24) is 0 Å². The minimum absolute atomic E-state index is 0.0447. The number of rotatable bonds is 3. The van der Waals surface area contributed by atoms with Gasteiger partial charge in [0.2, 0.25) is 0 Å². The number of carbonyl (C=O) groups is 5. The summed E-state index contributed by atoms with van der Waals surface area (Å²) in [6.45, 7) is 12.9. The zero-order valence-electron chi connectivity index (χ0n) is 21.1. The average Bonchev–Trinajstić information content (AvgIpc) is 2.90. The smallest absolute Gasteiger partial charge is 0.303 e. The van der Waals surface area contributed by atoms with Crippen molar-refractivity contribution in [3.8, 4) is 0 Å². The Kier molecular flexibility index (Phi) is 5.82. The lowest BCUT2D eigenvalue weighted by Gasteiger charge is -2.66. The molecule has 4 saturated carbocycles. The fourth-order valence-corrected chi connectivity index (χ4v) is 8.13. The number of aliphatic hydroxyl groups excluding tert-OH is 1. The molecule has 0 aromatic heterocycles. The van der Waals surface area contributed by atoms with Crippen LogP contribution in [0.3, 0.4) is 0 Å². The van der Waals surface area contributed by atoms with Gasteiger partial charge in [-0.2, -0.15) is 0 Å². The maximum atomic E-state index is 14.3. The van der Waals surface area contributed by atoms with Crippen molar-refractivity contribution in [2.75, 3.05) is 0 Å². The van der Waals surface area contributed by atoms with Gasteiger partial charge in [0.05, 0.1) is 11.5 Å². The van der Waals surface area contributed by atoms with E-state index in [-0.39, 0.29) is 24.5 Å². The van der Waals surface area contributed by atoms with E-state index in [2.05, 4.69) is 6.58 Å². The molecule has 9 atom stereocenters. The molecule has 0 aliphatic heterocycles. The molecule has 0 saturated heterocycles. The summed E-state index contributed by atoms with van der Waals surface area (Å²) >= 11 is 0. The Morgan fingerprint density at radius 1 is 0.943 bits per heavy atom. The predicted octanol–water partition coefficient (Wildman–Crippen LogP) is 1.93. The molecule has 0 aromatic rings. The predicted molar refractivity (Wildman–Crippen MR) is 120 cm³/mol. The van der Waals surface area contributed by atoms with Crippen molar-refractivity contribution in [2.24, 2.45) is 34.0 Å². The summed E-state index contributed by atoms with van der Waals surface area (Å²) in [5.74, 6) is -4.86. The van der Waals surface area contributed by atoms with Crippen LogP contribution in [0, 0.1) is 34.0 Å². The molecule has 1 spiro atoms. The Bertz CT molecular complexity index is 1030. The lowest BCUT2D eigenvalue weighted by atomic mass is 9.38. The molecular weight excluding hydrogens is 456 g/mol. The number of Topliss-reactive ketones (excluding diaryl/α,β-unsaturated/α-hetero) is 2. The minimum atomic E-state index is -1.51. The molecule has 9 nitrogen and oxygen atoms in total. The number of fused-ring (bicyclic) bond motifs is 3. The number of hydrogen-bond donors (Lipinski definition) is 1. The molecule has 192 valence electrons. The number of hydrogen-bond acceptors (Lipinski definition) is 9. The molecule has 4 aliphatic carbocycles. The maximum Gasteiger partial charge on any atom is 0.303 e. The quantitative estimate of drug-likeness (QED) is 0.358. The monoisotopic (exact) mass is 490 g/mol. The number of esters is 3. The van der Waals surface area contributed by atoms with Crippen molar-refractivity contribution < 1.29 is 43.3 Å². The van der Waals surface area contributed by atoms with Gasteiger partial charge in [0, 0.05) is 49.9 Å². The number of aliphatic hydroxyl groups is 1. The van der Waals surface area contributed by atoms with Crippen LogP contribution >= 0.6 is 0 Å². The Hall–Kier alpha value is -2.55. The zero-order valence-corrected chi connectivity index (χ0v) is 21.1. The first-order valence-electron chi connectivity index (χ1n) is 12.1. The van der Waals surface area contributed by atoms with Gasteiger partial charge < -0.3 is 19.3 Å². The van der Waals surface area contributed by atoms with Crippen molar-refractivity contribution >= 4 is 29.5 Å². The van der Waals surface area contributed by atoms with Crippen LogP contribution in [0.2, 0.25) is 0 Å². The summed E-state index contributed by atoms with van der Waals surface area (Å²) in [5, 5.41) is 11.1. The second-order valence-corrected chi connectivity index (χ2v) is 11.5. The first-order valence-corrected chi connectivity index (χ1v) is 12.1. The summed E-state index contributed by atoms with van der Waals surface area (Å²) in [6, 6.07) is 0. The van der Waals surface area contributed by atoms with E-state index in [1.807, 2.05) is 0 Å². The summed E-state index contributed by atoms with van der Waals surface area (Å²) in [4.78, 5) is 64.8. The molecule has 2 bridgehead atoms.